The lowest BCUT2D eigenvalue weighted by Crippen LogP contribution is -2.61. The van der Waals surface area contributed by atoms with Crippen LogP contribution < -0.4 is 159 Å². The first kappa shape index (κ1) is 133. The van der Waals surface area contributed by atoms with Gasteiger partial charge in [-0.2, -0.15) is 0 Å². The van der Waals surface area contributed by atoms with Crippen LogP contribution in [0.25, 0.3) is 0 Å². The van der Waals surface area contributed by atoms with E-state index >= 15 is 0 Å². The van der Waals surface area contributed by atoms with E-state index in [0.717, 1.165) is 0 Å². The fourth-order valence-corrected chi connectivity index (χ4v) is 15.5. The topological polar surface area (TPSA) is 858 Å². The maximum Gasteiger partial charge on any atom is 0.243 e. The highest BCUT2D eigenvalue weighted by molar-refractivity contribution is 6.01. The summed E-state index contributed by atoms with van der Waals surface area (Å²) in [4.78, 5) is 280. The molecule has 0 rings (SSSR count). The van der Waals surface area contributed by atoms with Crippen LogP contribution in [0.5, 0.6) is 0 Å². The van der Waals surface area contributed by atoms with Crippen molar-refractivity contribution >= 4 is 118 Å². The quantitative estimate of drug-likeness (QED) is 0.0117. The number of rotatable bonds is 84. The molecule has 0 spiro atoms. The molecule has 0 fully saturated rings. The number of hydrogen-bond acceptors (Lipinski definition) is 29. The van der Waals surface area contributed by atoms with Crippen LogP contribution in [0.4, 0.5) is 0 Å². The summed E-state index contributed by atoms with van der Waals surface area (Å²) in [5.74, 6) is -12.6. The highest BCUT2D eigenvalue weighted by Crippen LogP contribution is 2.19. The number of carbonyl (C=O) groups excluding carboxylic acids is 20. The molecule has 826 valence electrons. The summed E-state index contributed by atoms with van der Waals surface area (Å²) in [6, 6.07) is -21.1. The average molecular weight is 2050 g/mol. The predicted octanol–water partition coefficient (Wildman–Crippen LogP) is -5.19. The third-order valence-corrected chi connectivity index (χ3v) is 23.4. The monoisotopic (exact) mass is 2050 g/mol. The zero-order valence-electron chi connectivity index (χ0n) is 87.0. The van der Waals surface area contributed by atoms with E-state index in [4.69, 9.17) is 68.9 Å². The van der Waals surface area contributed by atoms with Crippen LogP contribution in [0.15, 0.2) is 0 Å². The van der Waals surface area contributed by atoms with E-state index in [9.17, 15) is 95.9 Å². The number of carbonyl (C=O) groups is 20. The lowest BCUT2D eigenvalue weighted by atomic mass is 9.98. The van der Waals surface area contributed by atoms with Gasteiger partial charge in [-0.05, 0) is 274 Å². The van der Waals surface area contributed by atoms with Gasteiger partial charge in [-0.25, -0.2) is 5.84 Å². The summed E-state index contributed by atoms with van der Waals surface area (Å²) < 4.78 is 0. The molecule has 0 bridgehead atoms. The second kappa shape index (κ2) is 77.5. The maximum absolute atomic E-state index is 14.9. The van der Waals surface area contributed by atoms with E-state index in [1.165, 1.54) is 0 Å². The zero-order valence-corrected chi connectivity index (χ0v) is 87.0. The molecular formula is C95H181N29O20. The molecule has 0 unspecified atom stereocenters. The molecule has 0 aromatic heterocycles. The van der Waals surface area contributed by atoms with Crippen LogP contribution in [0.2, 0.25) is 0 Å². The summed E-state index contributed by atoms with van der Waals surface area (Å²) in [5, 5.41) is 42.8. The molecular weight excluding hydrogens is 1870 g/mol. The van der Waals surface area contributed by atoms with Crippen LogP contribution in [0, 0.1) is 29.6 Å². The molecule has 49 nitrogen and oxygen atoms in total. The summed E-state index contributed by atoms with van der Waals surface area (Å²) in [6.07, 6.45) is 3.76. The van der Waals surface area contributed by atoms with Gasteiger partial charge in [-0.3, -0.25) is 101 Å². The van der Waals surface area contributed by atoms with Crippen molar-refractivity contribution in [2.24, 2.45) is 98.5 Å². The lowest BCUT2D eigenvalue weighted by molar-refractivity contribution is -0.137. The van der Waals surface area contributed by atoms with Crippen molar-refractivity contribution in [1.29, 1.82) is 0 Å². The molecule has 20 amide bonds. The Hall–Kier alpha value is -11.0. The van der Waals surface area contributed by atoms with Crippen LogP contribution in [-0.4, -0.2) is 268 Å². The van der Waals surface area contributed by atoms with Gasteiger partial charge in [0.05, 0.1) is 12.6 Å². The number of unbranched alkanes of at least 4 members (excludes halogenated alkanes) is 9. The molecule has 0 saturated heterocycles. The van der Waals surface area contributed by atoms with Crippen LogP contribution in [-0.2, 0) is 95.9 Å². The predicted molar refractivity (Wildman–Crippen MR) is 545 cm³/mol. The molecule has 49 heteroatoms. The zero-order chi connectivity index (χ0) is 109. The molecule has 144 heavy (non-hydrogen) atoms. The first-order valence-corrected chi connectivity index (χ1v) is 51.5. The minimum atomic E-state index is -1.76. The Kier molecular flexibility index (Phi) is 71.6. The smallest absolute Gasteiger partial charge is 0.243 e. The molecule has 0 aliphatic carbocycles. The lowest BCUT2D eigenvalue weighted by Gasteiger charge is -2.29. The number of hydrazine groups is 1. The largest absolute Gasteiger partial charge is 0.370 e. The Morgan fingerprint density at radius 1 is 0.201 bits per heavy atom. The van der Waals surface area contributed by atoms with Crippen molar-refractivity contribution in [2.45, 2.75) is 391 Å². The molecule has 0 aromatic carbocycles. The summed E-state index contributed by atoms with van der Waals surface area (Å²) in [5.41, 5.74) is 66.1. The third-order valence-electron chi connectivity index (χ3n) is 23.4. The van der Waals surface area contributed by atoms with Gasteiger partial charge in [-0.1, -0.05) is 75.7 Å². The molecule has 0 radical (unpaired) electrons. The molecule has 15 atom stereocenters. The first-order valence-electron chi connectivity index (χ1n) is 51.5. The Labute approximate surface area is 849 Å². The van der Waals surface area contributed by atoms with Crippen LogP contribution in [0.1, 0.15) is 300 Å². The number of amides is 20. The number of hydrogen-bond donors (Lipinski definition) is 29. The van der Waals surface area contributed by atoms with Crippen molar-refractivity contribution in [3.05, 3.63) is 0 Å². The summed E-state index contributed by atoms with van der Waals surface area (Å²) >= 11 is 0. The Bertz CT molecular complexity index is 3920. The molecule has 0 aliphatic heterocycles. The normalized spacial score (nSPS) is 14.5. The first-order chi connectivity index (χ1) is 68.1. The maximum atomic E-state index is 14.9. The Balaban J connectivity index is 7.60. The van der Waals surface area contributed by atoms with Crippen molar-refractivity contribution < 1.29 is 95.9 Å². The molecule has 0 saturated carbocycles. The van der Waals surface area contributed by atoms with Crippen molar-refractivity contribution in [3.8, 4) is 0 Å². The minimum absolute atomic E-state index is 0.0248. The van der Waals surface area contributed by atoms with Gasteiger partial charge in [0.1, 0.15) is 84.6 Å². The van der Waals surface area contributed by atoms with Crippen molar-refractivity contribution in [2.75, 3.05) is 58.9 Å². The molecule has 41 N–H and O–H groups in total. The second-order valence-electron chi connectivity index (χ2n) is 39.1. The van der Waals surface area contributed by atoms with Crippen LogP contribution >= 0.6 is 0 Å². The number of nitrogens with one attached hydrogen (secondary N) is 17. The molecule has 0 aliphatic rings. The van der Waals surface area contributed by atoms with Gasteiger partial charge in [0.25, 0.3) is 0 Å². The van der Waals surface area contributed by atoms with Gasteiger partial charge < -0.3 is 148 Å². The molecule has 0 aromatic rings. The van der Waals surface area contributed by atoms with Crippen molar-refractivity contribution in [3.63, 3.8) is 0 Å². The van der Waals surface area contributed by atoms with E-state index in [1.54, 1.807) is 55.4 Å². The Morgan fingerprint density at radius 3 is 0.597 bits per heavy atom. The fraction of sp³-hybridized carbons (Fsp3) is 0.789. The van der Waals surface area contributed by atoms with Gasteiger partial charge in [0.15, 0.2) is 0 Å². The Morgan fingerprint density at radius 2 is 0.396 bits per heavy atom. The number of nitrogens with two attached hydrogens (primary N) is 12. The minimum Gasteiger partial charge on any atom is -0.370 e. The van der Waals surface area contributed by atoms with E-state index in [2.05, 4.69) is 90.5 Å². The fourth-order valence-electron chi connectivity index (χ4n) is 15.5. The molecule has 0 heterocycles. The highest BCUT2D eigenvalue weighted by atomic mass is 16.2. The average Bonchev–Trinajstić information content (AvgIpc) is 0.853. The van der Waals surface area contributed by atoms with Crippen LogP contribution in [0.3, 0.4) is 0 Å². The van der Waals surface area contributed by atoms with Gasteiger partial charge in [-0.15, -0.1) is 0 Å². The van der Waals surface area contributed by atoms with Gasteiger partial charge in [0.2, 0.25) is 118 Å². The second-order valence-corrected chi connectivity index (χ2v) is 39.1. The van der Waals surface area contributed by atoms with E-state index in [-0.39, 0.29) is 184 Å². The standard InChI is InChI=1S/C95H181N29O20/c1-56(2)50-61(103)81(130)110-63(29-14-21-43-97)83(132)112-66(32-17-24-46-100)87(136)122-75(54-60(9)10)95(144)123-74(53-59(7)8)93(142)116-65(31-16-23-45-99)85(134)117-70(37-40-77(105)126)91(140)118-69(36-39-76(104)125)89(138)114-64(30-15-22-44-98)84(133)113-67(33-18-25-47-101)86(135)121-73(52-58(5)6)94(143)119-71(38-41-78(106)127)90(139)115-68(34-19-26-48-102)88(137)120-72(51-57(3)4)92(141)111-62(28-13-20-42-96)82(131)109-55-80(129)108-49-27-11-12-35-79(128)124-107/h56-75H,11-55,96-103,107H2,1-10H3,(H2,104,125)(H2,105,126)(H2,106,127)(H,108,129)(H,109,131)(H,110,130)(H,111,141)(H,112,132)(H,113,133)(H,114,138)(H,115,139)(H,116,142)(H,117,134)(H,118,140)(H,119,143)(H,120,137)(H,121,135)(H,122,136)(H,123,144)(H,124,128)/t61-,62-,63-,64-,65-,66-,67-,68-,69-,70-,71-,72-,73-,74-,75-/m0/s1. The summed E-state index contributed by atoms with van der Waals surface area (Å²) in [6.45, 7) is 19.1. The van der Waals surface area contributed by atoms with E-state index in [0.29, 0.717) is 96.4 Å². The van der Waals surface area contributed by atoms with Gasteiger partial charge in [0, 0.05) is 32.2 Å². The summed E-state index contributed by atoms with van der Waals surface area (Å²) in [7, 11) is 0. The third kappa shape index (κ3) is 60.7. The van der Waals surface area contributed by atoms with Crippen molar-refractivity contribution in [1.82, 2.24) is 90.5 Å². The van der Waals surface area contributed by atoms with E-state index in [1.807, 2.05) is 13.8 Å². The van der Waals surface area contributed by atoms with Gasteiger partial charge >= 0.3 is 0 Å². The van der Waals surface area contributed by atoms with E-state index < -0.39 is 248 Å². The SMILES string of the molecule is CC(C)C[C@H](NC(=O)[C@H](CCCCN)NC(=O)[C@H](CCC(N)=O)NC(=O)[C@H](CC(C)C)NC(=O)[C@H](CCCCN)NC(=O)[C@H](CCCCN)NC(=O)[C@H](CCC(N)=O)NC(=O)[C@H](CCC(N)=O)NC(=O)[C@H](CCCCN)NC(=O)[C@H](CC(C)C)NC(=O)[C@H](CC(C)C)NC(=O)[C@H](CCCCN)NC(=O)[C@H](CCCCN)NC(=O)[C@@H](N)CC(C)C)C(=O)N[C@@H](CCCCN)C(=O)NCC(=O)NCCCCCC(=O)NN. The number of primary amides is 3. The highest BCUT2D eigenvalue weighted by Gasteiger charge is 2.40.